The van der Waals surface area contributed by atoms with Crippen molar-refractivity contribution in [2.24, 2.45) is 0 Å². The van der Waals surface area contributed by atoms with Gasteiger partial charge in [0.05, 0.1) is 5.69 Å². The van der Waals surface area contributed by atoms with E-state index >= 15 is 0 Å². The van der Waals surface area contributed by atoms with Crippen molar-refractivity contribution in [3.63, 3.8) is 0 Å². The molecule has 21 heavy (non-hydrogen) atoms. The Morgan fingerprint density at radius 1 is 1.24 bits per heavy atom. The van der Waals surface area contributed by atoms with Gasteiger partial charge < -0.3 is 5.11 Å². The minimum Gasteiger partial charge on any atom is -0.476 e. The first-order chi connectivity index (χ1) is 9.81. The number of hydrogen-bond acceptors (Lipinski definition) is 4. The minimum absolute atomic E-state index is 0.325. The number of hydrogen-bond donors (Lipinski definition) is 2. The number of nitrogens with zero attached hydrogens (tertiary/aromatic N) is 1. The van der Waals surface area contributed by atoms with Crippen LogP contribution in [-0.2, 0) is 10.0 Å². The first-order valence-electron chi connectivity index (χ1n) is 5.47. The fourth-order valence-electron chi connectivity index (χ4n) is 1.55. The molecule has 0 unspecified atom stereocenters. The number of nitrogens with one attached hydrogen (secondary N) is 1. The van der Waals surface area contributed by atoms with Crippen molar-refractivity contribution in [3.8, 4) is 0 Å². The molecule has 0 aliphatic rings. The number of anilines is 1. The van der Waals surface area contributed by atoms with Crippen LogP contribution < -0.4 is 4.72 Å². The summed E-state index contributed by atoms with van der Waals surface area (Å²) in [4.78, 5) is 13.6. The maximum Gasteiger partial charge on any atom is 0.356 e. The predicted molar refractivity (Wildman–Crippen MR) is 68.4 cm³/mol. The molecule has 9 heteroatoms. The van der Waals surface area contributed by atoms with Crippen molar-refractivity contribution in [2.75, 3.05) is 4.72 Å². The summed E-state index contributed by atoms with van der Waals surface area (Å²) in [7, 11) is -4.41. The molecule has 2 N–H and O–H groups in total. The van der Waals surface area contributed by atoms with Crippen LogP contribution in [0, 0.1) is 11.6 Å². The Morgan fingerprint density at radius 2 is 1.95 bits per heavy atom. The van der Waals surface area contributed by atoms with Crippen LogP contribution in [0.15, 0.2) is 41.4 Å². The second-order valence-corrected chi connectivity index (χ2v) is 5.54. The standard InChI is InChI=1S/C12H8F2N2O4S/c13-7-3-4-10(8(14)6-7)21(19,20)16-9-2-1-5-15-11(9)12(17)18/h1-6,16H,(H,17,18). The lowest BCUT2D eigenvalue weighted by molar-refractivity contribution is 0.0692. The van der Waals surface area contributed by atoms with Crippen molar-refractivity contribution < 1.29 is 27.1 Å². The zero-order valence-electron chi connectivity index (χ0n) is 10.2. The quantitative estimate of drug-likeness (QED) is 0.898. The van der Waals surface area contributed by atoms with Gasteiger partial charge in [-0.1, -0.05) is 0 Å². The highest BCUT2D eigenvalue weighted by Gasteiger charge is 2.22. The first kappa shape index (κ1) is 14.9. The largest absolute Gasteiger partial charge is 0.476 e. The van der Waals surface area contributed by atoms with Gasteiger partial charge in [-0.3, -0.25) is 4.72 Å². The topological polar surface area (TPSA) is 96.4 Å². The molecule has 1 heterocycles. The van der Waals surface area contributed by atoms with Gasteiger partial charge in [-0.15, -0.1) is 0 Å². The van der Waals surface area contributed by atoms with E-state index in [0.717, 1.165) is 18.2 Å². The average Bonchev–Trinajstić information content (AvgIpc) is 2.37. The number of aromatic carboxylic acids is 1. The molecule has 0 fully saturated rings. The van der Waals surface area contributed by atoms with Gasteiger partial charge in [0.25, 0.3) is 10.0 Å². The SMILES string of the molecule is O=C(O)c1ncccc1NS(=O)(=O)c1ccc(F)cc1F. The predicted octanol–water partition coefficient (Wildman–Crippen LogP) is 1.86. The van der Waals surface area contributed by atoms with Crippen LogP contribution in [0.1, 0.15) is 10.5 Å². The number of rotatable bonds is 4. The second kappa shape index (κ2) is 5.44. The molecule has 2 rings (SSSR count). The normalized spacial score (nSPS) is 11.1. The number of halogens is 2. The van der Waals surface area contributed by atoms with Gasteiger partial charge in [-0.05, 0) is 24.3 Å². The number of sulfonamides is 1. The maximum absolute atomic E-state index is 13.5. The summed E-state index contributed by atoms with van der Waals surface area (Å²) >= 11 is 0. The Morgan fingerprint density at radius 3 is 2.57 bits per heavy atom. The van der Waals surface area contributed by atoms with Gasteiger partial charge in [0.1, 0.15) is 16.5 Å². The van der Waals surface area contributed by atoms with E-state index in [-0.39, 0.29) is 5.69 Å². The molecule has 6 nitrogen and oxygen atoms in total. The molecule has 1 aromatic heterocycles. The zero-order chi connectivity index (χ0) is 15.6. The number of carboxylic acids is 1. The van der Waals surface area contributed by atoms with Crippen molar-refractivity contribution >= 4 is 21.7 Å². The van der Waals surface area contributed by atoms with Crippen LogP contribution in [0.25, 0.3) is 0 Å². The van der Waals surface area contributed by atoms with Crippen LogP contribution in [0.3, 0.4) is 0 Å². The number of benzene rings is 1. The molecule has 0 saturated heterocycles. The molecule has 0 aliphatic heterocycles. The summed E-state index contributed by atoms with van der Waals surface area (Å²) in [6, 6.07) is 4.40. The molecule has 0 amide bonds. The molecule has 2 aromatic rings. The van der Waals surface area contributed by atoms with Gasteiger partial charge in [0, 0.05) is 12.3 Å². The van der Waals surface area contributed by atoms with Crippen LogP contribution >= 0.6 is 0 Å². The molecule has 0 spiro atoms. The van der Waals surface area contributed by atoms with Crippen molar-refractivity contribution in [1.82, 2.24) is 4.98 Å². The Bertz CT molecular complexity index is 809. The van der Waals surface area contributed by atoms with Crippen molar-refractivity contribution in [3.05, 3.63) is 53.9 Å². The molecule has 0 atom stereocenters. The Labute approximate surface area is 118 Å². The summed E-state index contributed by atoms with van der Waals surface area (Å²) < 4.78 is 52.2. The highest BCUT2D eigenvalue weighted by atomic mass is 32.2. The summed E-state index contributed by atoms with van der Waals surface area (Å²) in [5.41, 5.74) is -0.864. The zero-order valence-corrected chi connectivity index (χ0v) is 11.1. The fraction of sp³-hybridized carbons (Fsp3) is 0. The van der Waals surface area contributed by atoms with E-state index < -0.39 is 38.2 Å². The number of carbonyl (C=O) groups is 1. The summed E-state index contributed by atoms with van der Waals surface area (Å²) in [5.74, 6) is -3.67. The van der Waals surface area contributed by atoms with Gasteiger partial charge in [-0.2, -0.15) is 0 Å². The molecule has 1 aromatic carbocycles. The van der Waals surface area contributed by atoms with Gasteiger partial charge in [-0.25, -0.2) is 27.0 Å². The molecule has 0 radical (unpaired) electrons. The van der Waals surface area contributed by atoms with E-state index in [0.29, 0.717) is 6.07 Å². The molecule has 110 valence electrons. The molecule has 0 saturated carbocycles. The van der Waals surface area contributed by atoms with Gasteiger partial charge in [0.2, 0.25) is 0 Å². The van der Waals surface area contributed by atoms with Crippen LogP contribution in [0.4, 0.5) is 14.5 Å². The van der Waals surface area contributed by atoms with Crippen LogP contribution in [0.5, 0.6) is 0 Å². The maximum atomic E-state index is 13.5. The van der Waals surface area contributed by atoms with E-state index in [9.17, 15) is 22.0 Å². The highest BCUT2D eigenvalue weighted by Crippen LogP contribution is 2.21. The molecule has 0 bridgehead atoms. The van der Waals surface area contributed by atoms with E-state index in [2.05, 4.69) is 4.98 Å². The van der Waals surface area contributed by atoms with E-state index in [1.54, 1.807) is 0 Å². The Balaban J connectivity index is 2.45. The third-order valence-corrected chi connectivity index (χ3v) is 3.84. The smallest absolute Gasteiger partial charge is 0.356 e. The summed E-state index contributed by atoms with van der Waals surface area (Å²) in [6.07, 6.45) is 1.17. The van der Waals surface area contributed by atoms with Crippen molar-refractivity contribution in [2.45, 2.75) is 4.90 Å². The van der Waals surface area contributed by atoms with Crippen LogP contribution in [-0.4, -0.2) is 24.5 Å². The number of pyridine rings is 1. The third kappa shape index (κ3) is 3.14. The molecule has 0 aliphatic carbocycles. The van der Waals surface area contributed by atoms with Crippen LogP contribution in [0.2, 0.25) is 0 Å². The highest BCUT2D eigenvalue weighted by molar-refractivity contribution is 7.92. The number of carboxylic acid groups (broad SMARTS) is 1. The molecular formula is C12H8F2N2O4S. The Hall–Kier alpha value is -2.55. The van der Waals surface area contributed by atoms with E-state index in [1.807, 2.05) is 4.72 Å². The first-order valence-corrected chi connectivity index (χ1v) is 6.96. The third-order valence-electron chi connectivity index (χ3n) is 2.44. The lowest BCUT2D eigenvalue weighted by Crippen LogP contribution is -2.17. The minimum atomic E-state index is -4.41. The van der Waals surface area contributed by atoms with Gasteiger partial charge >= 0.3 is 5.97 Å². The van der Waals surface area contributed by atoms with Crippen molar-refractivity contribution in [1.29, 1.82) is 0 Å². The summed E-state index contributed by atoms with van der Waals surface area (Å²) in [6.45, 7) is 0. The lowest BCUT2D eigenvalue weighted by Gasteiger charge is -2.10. The number of aromatic nitrogens is 1. The van der Waals surface area contributed by atoms with Gasteiger partial charge in [0.15, 0.2) is 5.69 Å². The lowest BCUT2D eigenvalue weighted by atomic mass is 10.3. The monoisotopic (exact) mass is 314 g/mol. The Kier molecular flexibility index (Phi) is 3.85. The second-order valence-electron chi connectivity index (χ2n) is 3.88. The summed E-state index contributed by atoms with van der Waals surface area (Å²) in [5, 5.41) is 8.90. The fourth-order valence-corrected chi connectivity index (χ4v) is 2.68. The van der Waals surface area contributed by atoms with E-state index in [1.165, 1.54) is 12.3 Å². The average molecular weight is 314 g/mol. The molecular weight excluding hydrogens is 306 g/mol. The van der Waals surface area contributed by atoms with E-state index in [4.69, 9.17) is 5.11 Å².